The molecule has 14 heavy (non-hydrogen) atoms. The third-order valence-corrected chi connectivity index (χ3v) is 3.17. The molecule has 1 atom stereocenters. The van der Waals surface area contributed by atoms with Crippen LogP contribution in [0.2, 0.25) is 0 Å². The Labute approximate surface area is 86.3 Å². The molecule has 0 aromatic heterocycles. The van der Waals surface area contributed by atoms with Gasteiger partial charge in [-0.3, -0.25) is 4.39 Å². The fourth-order valence-electron chi connectivity index (χ4n) is 1.33. The highest BCUT2D eigenvalue weighted by Crippen LogP contribution is 2.38. The van der Waals surface area contributed by atoms with E-state index in [1.54, 1.807) is 0 Å². The normalized spacial score (nSPS) is 27.0. The van der Waals surface area contributed by atoms with Crippen molar-refractivity contribution in [3.63, 3.8) is 0 Å². The zero-order valence-electron chi connectivity index (χ0n) is 9.93. The first-order valence-corrected chi connectivity index (χ1v) is 5.17. The number of rotatable bonds is 2. The van der Waals surface area contributed by atoms with Gasteiger partial charge in [-0.15, -0.1) is 0 Å². The van der Waals surface area contributed by atoms with Gasteiger partial charge in [0.15, 0.2) is 0 Å². The van der Waals surface area contributed by atoms with Crippen LogP contribution in [-0.2, 0) is 9.31 Å². The molecule has 2 nitrogen and oxygen atoms in total. The highest BCUT2D eigenvalue weighted by Gasteiger charge is 2.54. The van der Waals surface area contributed by atoms with Gasteiger partial charge in [0.2, 0.25) is 0 Å². The summed E-state index contributed by atoms with van der Waals surface area (Å²) in [5.74, 6) is -0.0790. The van der Waals surface area contributed by atoms with E-state index in [2.05, 4.69) is 0 Å². The Morgan fingerprint density at radius 1 is 1.00 bits per heavy atom. The zero-order chi connectivity index (χ0) is 11.1. The lowest BCUT2D eigenvalue weighted by atomic mass is 9.76. The van der Waals surface area contributed by atoms with E-state index in [9.17, 15) is 4.39 Å². The van der Waals surface area contributed by atoms with Crippen LogP contribution in [0.15, 0.2) is 0 Å². The van der Waals surface area contributed by atoms with Crippen LogP contribution in [0, 0.1) is 5.92 Å². The minimum absolute atomic E-state index is 0.0790. The van der Waals surface area contributed by atoms with Crippen LogP contribution >= 0.6 is 0 Å². The average molecular weight is 202 g/mol. The van der Waals surface area contributed by atoms with Gasteiger partial charge < -0.3 is 9.31 Å². The van der Waals surface area contributed by atoms with Gasteiger partial charge in [-0.1, -0.05) is 13.8 Å². The van der Waals surface area contributed by atoms with Gasteiger partial charge in [0.05, 0.1) is 11.2 Å². The minimum Gasteiger partial charge on any atom is -0.401 e. The number of hydrogen-bond acceptors (Lipinski definition) is 2. The molecule has 0 aromatic carbocycles. The molecule has 0 bridgehead atoms. The summed E-state index contributed by atoms with van der Waals surface area (Å²) < 4.78 is 24.8. The number of alkyl halides is 1. The largest absolute Gasteiger partial charge is 0.494 e. The summed E-state index contributed by atoms with van der Waals surface area (Å²) in [4.78, 5) is 0. The molecule has 1 aliphatic rings. The van der Waals surface area contributed by atoms with Crippen molar-refractivity contribution in [3.05, 3.63) is 0 Å². The van der Waals surface area contributed by atoms with E-state index in [0.29, 0.717) is 0 Å². The minimum atomic E-state index is -1.06. The lowest BCUT2D eigenvalue weighted by Crippen LogP contribution is -2.41. The predicted molar refractivity (Wildman–Crippen MR) is 55.8 cm³/mol. The Kier molecular flexibility index (Phi) is 2.99. The molecule has 4 heteroatoms. The molecule has 1 fully saturated rings. The predicted octanol–water partition coefficient (Wildman–Crippen LogP) is 2.61. The van der Waals surface area contributed by atoms with Crippen molar-refractivity contribution in [3.8, 4) is 0 Å². The first kappa shape index (κ1) is 12.0. The fourth-order valence-corrected chi connectivity index (χ4v) is 1.33. The lowest BCUT2D eigenvalue weighted by Gasteiger charge is -2.32. The maximum atomic E-state index is 13.7. The SMILES string of the molecule is CC(C)C(F)B1OC(C)(C)C(C)(C)O1. The summed E-state index contributed by atoms with van der Waals surface area (Å²) in [7, 11) is -0.722. The summed E-state index contributed by atoms with van der Waals surface area (Å²) in [5.41, 5.74) is -0.867. The van der Waals surface area contributed by atoms with Crippen LogP contribution in [-0.4, -0.2) is 24.4 Å². The van der Waals surface area contributed by atoms with E-state index in [1.807, 2.05) is 41.5 Å². The second-order valence-electron chi connectivity index (χ2n) is 5.31. The van der Waals surface area contributed by atoms with Gasteiger partial charge >= 0.3 is 7.12 Å². The van der Waals surface area contributed by atoms with Crippen molar-refractivity contribution >= 4 is 7.12 Å². The van der Waals surface area contributed by atoms with Crippen LogP contribution in [0.3, 0.4) is 0 Å². The molecule has 1 heterocycles. The molecule has 1 saturated heterocycles. The molecule has 0 spiro atoms. The molecular weight excluding hydrogens is 182 g/mol. The molecule has 0 radical (unpaired) electrons. The highest BCUT2D eigenvalue weighted by molar-refractivity contribution is 6.47. The smallest absolute Gasteiger partial charge is 0.401 e. The molecule has 0 amide bonds. The molecule has 0 N–H and O–H groups in total. The average Bonchev–Trinajstić information content (AvgIpc) is 2.20. The Bertz CT molecular complexity index is 200. The van der Waals surface area contributed by atoms with Crippen LogP contribution < -0.4 is 0 Å². The van der Waals surface area contributed by atoms with Crippen molar-refractivity contribution in [2.75, 3.05) is 0 Å². The molecular formula is C10H20BFO2. The maximum Gasteiger partial charge on any atom is 0.494 e. The van der Waals surface area contributed by atoms with Crippen LogP contribution in [0.1, 0.15) is 41.5 Å². The molecule has 1 rings (SSSR count). The van der Waals surface area contributed by atoms with Crippen LogP contribution in [0.25, 0.3) is 0 Å². The van der Waals surface area contributed by atoms with Crippen LogP contribution in [0.4, 0.5) is 4.39 Å². The Morgan fingerprint density at radius 3 is 1.64 bits per heavy atom. The second-order valence-corrected chi connectivity index (χ2v) is 5.31. The molecule has 1 unspecified atom stereocenters. The third-order valence-electron chi connectivity index (χ3n) is 3.17. The van der Waals surface area contributed by atoms with Crippen LogP contribution in [0.5, 0.6) is 0 Å². The summed E-state index contributed by atoms with van der Waals surface area (Å²) in [5, 5.41) is 0. The molecule has 0 aromatic rings. The van der Waals surface area contributed by atoms with E-state index in [-0.39, 0.29) is 5.92 Å². The summed E-state index contributed by atoms with van der Waals surface area (Å²) in [6.07, 6.45) is -1.06. The third kappa shape index (κ3) is 1.96. The second kappa shape index (κ2) is 3.49. The maximum absolute atomic E-state index is 13.7. The first-order valence-electron chi connectivity index (χ1n) is 5.17. The van der Waals surface area contributed by atoms with Crippen molar-refractivity contribution in [2.24, 2.45) is 5.92 Å². The van der Waals surface area contributed by atoms with Gasteiger partial charge in [0.1, 0.15) is 6.07 Å². The van der Waals surface area contributed by atoms with Crippen molar-refractivity contribution < 1.29 is 13.7 Å². The lowest BCUT2D eigenvalue weighted by molar-refractivity contribution is 0.00578. The van der Waals surface area contributed by atoms with Gasteiger partial charge in [-0.2, -0.15) is 0 Å². The van der Waals surface area contributed by atoms with E-state index < -0.39 is 24.4 Å². The summed E-state index contributed by atoms with van der Waals surface area (Å²) in [6, 6.07) is 0. The fraction of sp³-hybridized carbons (Fsp3) is 1.00. The van der Waals surface area contributed by atoms with E-state index >= 15 is 0 Å². The quantitative estimate of drug-likeness (QED) is 0.640. The van der Waals surface area contributed by atoms with Gasteiger partial charge in [-0.05, 0) is 33.6 Å². The molecule has 0 saturated carbocycles. The summed E-state index contributed by atoms with van der Waals surface area (Å²) in [6.45, 7) is 11.4. The van der Waals surface area contributed by atoms with Crippen molar-refractivity contribution in [1.29, 1.82) is 0 Å². The standard InChI is InChI=1S/C10H20BFO2/c1-7(2)8(12)11-13-9(3,4)10(5,6)14-11/h7-8H,1-6H3. The summed E-state index contributed by atoms with van der Waals surface area (Å²) >= 11 is 0. The Hall–Kier alpha value is -0.0851. The van der Waals surface area contributed by atoms with Gasteiger partial charge in [-0.25, -0.2) is 0 Å². The van der Waals surface area contributed by atoms with Gasteiger partial charge in [0, 0.05) is 0 Å². The monoisotopic (exact) mass is 202 g/mol. The van der Waals surface area contributed by atoms with Crippen molar-refractivity contribution in [1.82, 2.24) is 0 Å². The Balaban J connectivity index is 2.73. The molecule has 1 aliphatic heterocycles. The molecule has 0 aliphatic carbocycles. The van der Waals surface area contributed by atoms with Gasteiger partial charge in [0.25, 0.3) is 0 Å². The van der Waals surface area contributed by atoms with Crippen molar-refractivity contribution in [2.45, 2.75) is 58.8 Å². The Morgan fingerprint density at radius 2 is 1.36 bits per heavy atom. The molecule has 82 valence electrons. The van der Waals surface area contributed by atoms with E-state index in [1.165, 1.54) is 0 Å². The number of halogens is 1. The zero-order valence-corrected chi connectivity index (χ0v) is 9.93. The highest BCUT2D eigenvalue weighted by atomic mass is 19.1. The first-order chi connectivity index (χ1) is 6.17. The topological polar surface area (TPSA) is 18.5 Å². The van der Waals surface area contributed by atoms with E-state index in [4.69, 9.17) is 9.31 Å². The number of hydrogen-bond donors (Lipinski definition) is 0. The van der Waals surface area contributed by atoms with E-state index in [0.717, 1.165) is 0 Å².